The van der Waals surface area contributed by atoms with Gasteiger partial charge in [-0.2, -0.15) is 0 Å². The van der Waals surface area contributed by atoms with E-state index in [4.69, 9.17) is 5.73 Å². The number of nitrogens with two attached hydrogens (primary N) is 1. The van der Waals surface area contributed by atoms with Crippen LogP contribution in [0.4, 0.5) is 0 Å². The summed E-state index contributed by atoms with van der Waals surface area (Å²) in [6.45, 7) is 2.99. The van der Waals surface area contributed by atoms with E-state index in [1.165, 1.54) is 0 Å². The second-order valence-corrected chi connectivity index (χ2v) is 5.44. The Bertz CT molecular complexity index is 220. The lowest BCUT2D eigenvalue weighted by Crippen LogP contribution is -2.41. The first-order valence-electron chi connectivity index (χ1n) is 4.27. The molecule has 14 heavy (non-hydrogen) atoms. The van der Waals surface area contributed by atoms with Gasteiger partial charge in [-0.15, -0.1) is 24.8 Å². The Hall–Kier alpha value is 0.450. The molecule has 0 spiro atoms. The largest absolute Gasteiger partial charge is 0.330 e. The van der Waals surface area contributed by atoms with Gasteiger partial charge in [-0.1, -0.05) is 0 Å². The molecular formula is C7H18Cl2N2O2S. The highest BCUT2D eigenvalue weighted by molar-refractivity contribution is 7.91. The predicted molar refractivity (Wildman–Crippen MR) is 63.3 cm³/mol. The molecule has 0 atom stereocenters. The van der Waals surface area contributed by atoms with Gasteiger partial charge in [0.15, 0.2) is 9.84 Å². The summed E-state index contributed by atoms with van der Waals surface area (Å²) in [5.41, 5.74) is 5.35. The van der Waals surface area contributed by atoms with Gasteiger partial charge in [0, 0.05) is 13.1 Å². The van der Waals surface area contributed by atoms with E-state index in [1.54, 1.807) is 0 Å². The summed E-state index contributed by atoms with van der Waals surface area (Å²) in [6, 6.07) is 0. The highest BCUT2D eigenvalue weighted by Crippen LogP contribution is 2.03. The third kappa shape index (κ3) is 6.03. The Morgan fingerprint density at radius 2 is 1.64 bits per heavy atom. The maximum Gasteiger partial charge on any atom is 0.152 e. The summed E-state index contributed by atoms with van der Waals surface area (Å²) in [5, 5.41) is 0. The van der Waals surface area contributed by atoms with Crippen molar-refractivity contribution in [2.45, 2.75) is 6.42 Å². The van der Waals surface area contributed by atoms with Gasteiger partial charge in [0.2, 0.25) is 0 Å². The first-order chi connectivity index (χ1) is 5.64. The van der Waals surface area contributed by atoms with Crippen LogP contribution in [0.2, 0.25) is 0 Å². The SMILES string of the molecule is Cl.Cl.NCCCN1CCS(=O)(=O)CC1. The van der Waals surface area contributed by atoms with Gasteiger partial charge < -0.3 is 10.6 Å². The van der Waals surface area contributed by atoms with E-state index < -0.39 is 9.84 Å². The molecule has 0 unspecified atom stereocenters. The molecule has 0 amide bonds. The number of rotatable bonds is 3. The molecule has 4 nitrogen and oxygen atoms in total. The standard InChI is InChI=1S/C7H16N2O2S.2ClH/c8-2-1-3-9-4-6-12(10,11)7-5-9;;/h1-8H2;2*1H. The van der Waals surface area contributed by atoms with Crippen LogP contribution < -0.4 is 5.73 Å². The number of sulfone groups is 1. The Morgan fingerprint density at radius 3 is 2.07 bits per heavy atom. The minimum atomic E-state index is -2.71. The summed E-state index contributed by atoms with van der Waals surface area (Å²) in [4.78, 5) is 2.16. The monoisotopic (exact) mass is 264 g/mol. The lowest BCUT2D eigenvalue weighted by atomic mass is 10.4. The zero-order valence-electron chi connectivity index (χ0n) is 8.02. The molecule has 0 bridgehead atoms. The van der Waals surface area contributed by atoms with Gasteiger partial charge in [0.05, 0.1) is 11.5 Å². The molecule has 1 heterocycles. The molecule has 0 aromatic carbocycles. The van der Waals surface area contributed by atoms with E-state index in [9.17, 15) is 8.42 Å². The van der Waals surface area contributed by atoms with E-state index in [1.807, 2.05) is 0 Å². The first-order valence-corrected chi connectivity index (χ1v) is 6.09. The maximum absolute atomic E-state index is 11.0. The maximum atomic E-state index is 11.0. The summed E-state index contributed by atoms with van der Waals surface area (Å²) in [5.74, 6) is 0.634. The van der Waals surface area contributed by atoms with Crippen LogP contribution in [0.5, 0.6) is 0 Å². The van der Waals surface area contributed by atoms with E-state index in [0.717, 1.165) is 13.0 Å². The number of hydrogen-bond donors (Lipinski definition) is 1. The van der Waals surface area contributed by atoms with Crippen LogP contribution in [0.25, 0.3) is 0 Å². The van der Waals surface area contributed by atoms with Crippen LogP contribution in [0.3, 0.4) is 0 Å². The molecule has 1 saturated heterocycles. The van der Waals surface area contributed by atoms with Crippen molar-refractivity contribution in [2.24, 2.45) is 5.73 Å². The van der Waals surface area contributed by atoms with E-state index in [0.29, 0.717) is 31.1 Å². The zero-order chi connectivity index (χ0) is 9.03. The van der Waals surface area contributed by atoms with Crippen molar-refractivity contribution in [2.75, 3.05) is 37.7 Å². The third-order valence-electron chi connectivity index (χ3n) is 2.12. The van der Waals surface area contributed by atoms with Crippen LogP contribution in [0.1, 0.15) is 6.42 Å². The summed E-state index contributed by atoms with van der Waals surface area (Å²) < 4.78 is 22.0. The Labute approximate surface area is 98.0 Å². The summed E-state index contributed by atoms with van der Waals surface area (Å²) in [7, 11) is -2.71. The van der Waals surface area contributed by atoms with E-state index >= 15 is 0 Å². The van der Waals surface area contributed by atoms with E-state index in [2.05, 4.69) is 4.90 Å². The molecule has 1 rings (SSSR count). The predicted octanol–water partition coefficient (Wildman–Crippen LogP) is -0.0908. The number of nitrogens with zero attached hydrogens (tertiary/aromatic N) is 1. The molecule has 1 aliphatic rings. The van der Waals surface area contributed by atoms with Crippen LogP contribution in [-0.4, -0.2) is 51.0 Å². The fraction of sp³-hybridized carbons (Fsp3) is 1.00. The average Bonchev–Trinajstić information content (AvgIpc) is 2.03. The van der Waals surface area contributed by atoms with Gasteiger partial charge >= 0.3 is 0 Å². The minimum Gasteiger partial charge on any atom is -0.330 e. The van der Waals surface area contributed by atoms with Crippen LogP contribution >= 0.6 is 24.8 Å². The molecule has 1 fully saturated rings. The van der Waals surface area contributed by atoms with Crippen molar-refractivity contribution < 1.29 is 8.42 Å². The van der Waals surface area contributed by atoms with Crippen LogP contribution in [0, 0.1) is 0 Å². The fourth-order valence-electron chi connectivity index (χ4n) is 1.29. The zero-order valence-corrected chi connectivity index (χ0v) is 10.5. The van der Waals surface area contributed by atoms with Crippen molar-refractivity contribution in [3.8, 4) is 0 Å². The Morgan fingerprint density at radius 1 is 1.14 bits per heavy atom. The minimum absolute atomic E-state index is 0. The highest BCUT2D eigenvalue weighted by Gasteiger charge is 2.20. The quantitative estimate of drug-likeness (QED) is 0.774. The van der Waals surface area contributed by atoms with Crippen molar-refractivity contribution >= 4 is 34.7 Å². The lowest BCUT2D eigenvalue weighted by Gasteiger charge is -2.25. The van der Waals surface area contributed by atoms with Gasteiger partial charge in [-0.25, -0.2) is 8.42 Å². The third-order valence-corrected chi connectivity index (χ3v) is 3.72. The Balaban J connectivity index is 0. The molecular weight excluding hydrogens is 247 g/mol. The molecule has 1 aliphatic heterocycles. The summed E-state index contributed by atoms with van der Waals surface area (Å²) in [6.07, 6.45) is 0.958. The normalized spacial score (nSPS) is 20.6. The molecule has 0 radical (unpaired) electrons. The van der Waals surface area contributed by atoms with E-state index in [-0.39, 0.29) is 24.8 Å². The van der Waals surface area contributed by atoms with Gasteiger partial charge in [0.25, 0.3) is 0 Å². The second-order valence-electron chi connectivity index (χ2n) is 3.14. The molecule has 7 heteroatoms. The van der Waals surface area contributed by atoms with Gasteiger partial charge in [-0.05, 0) is 19.5 Å². The summed E-state index contributed by atoms with van der Waals surface area (Å²) >= 11 is 0. The highest BCUT2D eigenvalue weighted by atomic mass is 35.5. The van der Waals surface area contributed by atoms with Crippen molar-refractivity contribution in [3.05, 3.63) is 0 Å². The van der Waals surface area contributed by atoms with Crippen molar-refractivity contribution in [1.82, 2.24) is 4.90 Å². The average molecular weight is 265 g/mol. The molecule has 2 N–H and O–H groups in total. The van der Waals surface area contributed by atoms with Crippen LogP contribution in [0.15, 0.2) is 0 Å². The molecule has 0 aromatic heterocycles. The number of halogens is 2. The topological polar surface area (TPSA) is 63.4 Å². The Kier molecular flexibility index (Phi) is 9.28. The van der Waals surface area contributed by atoms with Gasteiger partial charge in [0.1, 0.15) is 0 Å². The fourth-order valence-corrected chi connectivity index (χ4v) is 2.57. The smallest absolute Gasteiger partial charge is 0.152 e. The van der Waals surface area contributed by atoms with Gasteiger partial charge in [-0.3, -0.25) is 0 Å². The lowest BCUT2D eigenvalue weighted by molar-refractivity contribution is 0.293. The molecule has 88 valence electrons. The van der Waals surface area contributed by atoms with Crippen molar-refractivity contribution in [3.63, 3.8) is 0 Å². The van der Waals surface area contributed by atoms with Crippen LogP contribution in [-0.2, 0) is 9.84 Å². The molecule has 0 aliphatic carbocycles. The first kappa shape index (κ1) is 16.9. The molecule has 0 saturated carbocycles. The van der Waals surface area contributed by atoms with Crippen molar-refractivity contribution in [1.29, 1.82) is 0 Å². The second kappa shape index (κ2) is 7.70. The molecule has 0 aromatic rings. The number of hydrogen-bond acceptors (Lipinski definition) is 4.